The maximum absolute atomic E-state index is 12.8. The Morgan fingerprint density at radius 1 is 0.970 bits per heavy atom. The van der Waals surface area contributed by atoms with Gasteiger partial charge in [0.2, 0.25) is 15.9 Å². The number of sulfonamides is 1. The van der Waals surface area contributed by atoms with Crippen LogP contribution in [0.15, 0.2) is 53.4 Å². The van der Waals surface area contributed by atoms with Gasteiger partial charge in [0, 0.05) is 24.3 Å². The second kappa shape index (κ2) is 9.03. The van der Waals surface area contributed by atoms with Crippen LogP contribution < -0.4 is 5.32 Å². The van der Waals surface area contributed by atoms with Crippen LogP contribution in [0.1, 0.15) is 43.7 Å². The summed E-state index contributed by atoms with van der Waals surface area (Å²) < 4.78 is 28.9. The molecule has 3 aromatic rings. The summed E-state index contributed by atoms with van der Waals surface area (Å²) in [6, 6.07) is 14.4. The number of nitrogens with one attached hydrogen (secondary N) is 1. The number of nitrogens with zero attached hydrogens (tertiary/aromatic N) is 5. The summed E-state index contributed by atoms with van der Waals surface area (Å²) in [6.45, 7) is 1.14. The fourth-order valence-corrected chi connectivity index (χ4v) is 5.59. The highest BCUT2D eigenvalue weighted by Crippen LogP contribution is 2.36. The third-order valence-electron chi connectivity index (χ3n) is 6.05. The normalized spacial score (nSPS) is 17.1. The molecule has 2 fully saturated rings. The van der Waals surface area contributed by atoms with Gasteiger partial charge >= 0.3 is 0 Å². The average Bonchev–Trinajstić information content (AvgIpc) is 3.57. The maximum atomic E-state index is 12.8. The summed E-state index contributed by atoms with van der Waals surface area (Å²) >= 11 is 0. The zero-order chi connectivity index (χ0) is 22.8. The van der Waals surface area contributed by atoms with Crippen molar-refractivity contribution < 1.29 is 13.2 Å². The van der Waals surface area contributed by atoms with Crippen LogP contribution in [0.3, 0.4) is 0 Å². The first kappa shape index (κ1) is 21.7. The number of anilines is 1. The SMILES string of the molecule is O=C(Cc1ccc(S(=O)(=O)N2CCCCC2)cc1)Nc1ccc(-c2nnnn2C2CC2)cc1. The van der Waals surface area contributed by atoms with Crippen molar-refractivity contribution in [1.82, 2.24) is 24.5 Å². The molecule has 1 aliphatic heterocycles. The predicted molar refractivity (Wildman–Crippen MR) is 123 cm³/mol. The Kier molecular flexibility index (Phi) is 5.94. The van der Waals surface area contributed by atoms with Crippen LogP contribution in [0.2, 0.25) is 0 Å². The molecule has 0 radical (unpaired) electrons. The molecule has 172 valence electrons. The minimum atomic E-state index is -3.47. The Bertz CT molecular complexity index is 1230. The lowest BCUT2D eigenvalue weighted by atomic mass is 10.1. The van der Waals surface area contributed by atoms with Crippen LogP contribution in [0.4, 0.5) is 5.69 Å². The van der Waals surface area contributed by atoms with Crippen LogP contribution in [0, 0.1) is 0 Å². The molecule has 5 rings (SSSR count). The van der Waals surface area contributed by atoms with Gasteiger partial charge in [-0.2, -0.15) is 4.31 Å². The van der Waals surface area contributed by atoms with Gasteiger partial charge in [0.05, 0.1) is 17.4 Å². The molecule has 0 spiro atoms. The van der Waals surface area contributed by atoms with Crippen molar-refractivity contribution in [3.05, 3.63) is 54.1 Å². The minimum absolute atomic E-state index is 0.158. The first-order valence-electron chi connectivity index (χ1n) is 11.3. The van der Waals surface area contributed by atoms with Gasteiger partial charge < -0.3 is 5.32 Å². The summed E-state index contributed by atoms with van der Waals surface area (Å²) in [6.07, 6.45) is 5.22. The van der Waals surface area contributed by atoms with Crippen LogP contribution >= 0.6 is 0 Å². The van der Waals surface area contributed by atoms with Crippen LogP contribution in [-0.2, 0) is 21.2 Å². The molecule has 33 heavy (non-hydrogen) atoms. The van der Waals surface area contributed by atoms with Gasteiger partial charge in [-0.15, -0.1) is 5.10 Å². The van der Waals surface area contributed by atoms with Gasteiger partial charge in [0.25, 0.3) is 0 Å². The third-order valence-corrected chi connectivity index (χ3v) is 7.97. The fourth-order valence-electron chi connectivity index (χ4n) is 4.08. The second-order valence-corrected chi connectivity index (χ2v) is 10.5. The van der Waals surface area contributed by atoms with E-state index in [0.717, 1.165) is 49.1 Å². The Labute approximate surface area is 192 Å². The van der Waals surface area contributed by atoms with E-state index in [1.165, 1.54) is 0 Å². The average molecular weight is 467 g/mol. The number of hydrogen-bond donors (Lipinski definition) is 1. The van der Waals surface area contributed by atoms with Crippen LogP contribution in [0.5, 0.6) is 0 Å². The summed E-state index contributed by atoms with van der Waals surface area (Å²) in [4.78, 5) is 12.8. The second-order valence-electron chi connectivity index (χ2n) is 8.59. The van der Waals surface area contributed by atoms with E-state index >= 15 is 0 Å². The molecule has 1 amide bonds. The highest BCUT2D eigenvalue weighted by molar-refractivity contribution is 7.89. The number of carbonyl (C=O) groups excluding carboxylic acids is 1. The highest BCUT2D eigenvalue weighted by Gasteiger charge is 2.28. The van der Waals surface area contributed by atoms with E-state index in [1.54, 1.807) is 28.6 Å². The molecule has 9 nitrogen and oxygen atoms in total. The molecule has 1 N–H and O–H groups in total. The fraction of sp³-hybridized carbons (Fsp3) is 0.391. The van der Waals surface area contributed by atoms with Crippen molar-refractivity contribution >= 4 is 21.6 Å². The van der Waals surface area contributed by atoms with E-state index in [0.29, 0.717) is 24.8 Å². The molecule has 0 unspecified atom stereocenters. The van der Waals surface area contributed by atoms with Crippen LogP contribution in [-0.4, -0.2) is 51.9 Å². The molecule has 0 bridgehead atoms. The monoisotopic (exact) mass is 466 g/mol. The predicted octanol–water partition coefficient (Wildman–Crippen LogP) is 3.03. The van der Waals surface area contributed by atoms with Crippen molar-refractivity contribution in [2.75, 3.05) is 18.4 Å². The molecule has 2 aliphatic rings. The topological polar surface area (TPSA) is 110 Å². The van der Waals surface area contributed by atoms with E-state index in [1.807, 2.05) is 28.9 Å². The molecular weight excluding hydrogens is 440 g/mol. The van der Waals surface area contributed by atoms with Gasteiger partial charge in [-0.25, -0.2) is 13.1 Å². The van der Waals surface area contributed by atoms with E-state index in [4.69, 9.17) is 0 Å². The largest absolute Gasteiger partial charge is 0.326 e. The van der Waals surface area contributed by atoms with Crippen LogP contribution in [0.25, 0.3) is 11.4 Å². The zero-order valence-corrected chi connectivity index (χ0v) is 19.0. The minimum Gasteiger partial charge on any atom is -0.326 e. The molecule has 2 heterocycles. The molecule has 1 saturated carbocycles. The number of aromatic nitrogens is 4. The van der Waals surface area contributed by atoms with Gasteiger partial charge in [0.15, 0.2) is 5.82 Å². The van der Waals surface area contributed by atoms with Crippen molar-refractivity contribution in [3.63, 3.8) is 0 Å². The number of hydrogen-bond acceptors (Lipinski definition) is 6. The van der Waals surface area contributed by atoms with E-state index in [-0.39, 0.29) is 17.2 Å². The molecule has 1 aromatic heterocycles. The lowest BCUT2D eigenvalue weighted by Crippen LogP contribution is -2.35. The molecule has 0 atom stereocenters. The smallest absolute Gasteiger partial charge is 0.243 e. The third kappa shape index (κ3) is 4.81. The summed E-state index contributed by atoms with van der Waals surface area (Å²) in [5.74, 6) is 0.562. The van der Waals surface area contributed by atoms with E-state index in [2.05, 4.69) is 20.8 Å². The Morgan fingerprint density at radius 3 is 2.33 bits per heavy atom. The standard InChI is InChI=1S/C23H26N6O3S/c30-22(16-17-4-12-21(13-5-17)33(31,32)28-14-2-1-3-15-28)24-19-8-6-18(7-9-19)23-25-26-27-29(23)20-10-11-20/h4-9,12-13,20H,1-3,10-11,14-16H2,(H,24,30). The lowest BCUT2D eigenvalue weighted by molar-refractivity contribution is -0.115. The number of benzene rings is 2. The van der Waals surface area contributed by atoms with Gasteiger partial charge in [-0.3, -0.25) is 4.79 Å². The van der Waals surface area contributed by atoms with Gasteiger partial charge in [-0.05, 0) is 78.1 Å². The maximum Gasteiger partial charge on any atom is 0.243 e. The first-order valence-corrected chi connectivity index (χ1v) is 12.7. The number of piperidine rings is 1. The molecule has 2 aromatic carbocycles. The Balaban J connectivity index is 1.20. The summed E-state index contributed by atoms with van der Waals surface area (Å²) in [5.41, 5.74) is 2.33. The summed E-state index contributed by atoms with van der Waals surface area (Å²) in [7, 11) is -3.47. The first-order chi connectivity index (χ1) is 16.0. The van der Waals surface area contributed by atoms with Gasteiger partial charge in [0.1, 0.15) is 0 Å². The number of carbonyl (C=O) groups is 1. The number of tetrazole rings is 1. The van der Waals surface area contributed by atoms with E-state index in [9.17, 15) is 13.2 Å². The molecular formula is C23H26N6O3S. The highest BCUT2D eigenvalue weighted by atomic mass is 32.2. The Hall–Kier alpha value is -3.11. The quantitative estimate of drug-likeness (QED) is 0.573. The lowest BCUT2D eigenvalue weighted by Gasteiger charge is -2.25. The number of rotatable bonds is 7. The van der Waals surface area contributed by atoms with Crippen molar-refractivity contribution in [3.8, 4) is 11.4 Å². The molecule has 1 aliphatic carbocycles. The number of amides is 1. The summed E-state index contributed by atoms with van der Waals surface area (Å²) in [5, 5.41) is 14.8. The molecule has 10 heteroatoms. The Morgan fingerprint density at radius 2 is 1.67 bits per heavy atom. The molecule has 1 saturated heterocycles. The van der Waals surface area contributed by atoms with Gasteiger partial charge in [-0.1, -0.05) is 18.6 Å². The van der Waals surface area contributed by atoms with Crippen molar-refractivity contribution in [2.24, 2.45) is 0 Å². The van der Waals surface area contributed by atoms with Crippen molar-refractivity contribution in [1.29, 1.82) is 0 Å². The van der Waals surface area contributed by atoms with E-state index < -0.39 is 10.0 Å². The van der Waals surface area contributed by atoms with Crippen molar-refractivity contribution in [2.45, 2.75) is 49.5 Å². The zero-order valence-electron chi connectivity index (χ0n) is 18.2.